The van der Waals surface area contributed by atoms with E-state index in [4.69, 9.17) is 11.6 Å². The molecule has 0 aliphatic heterocycles. The first-order chi connectivity index (χ1) is 9.04. The van der Waals surface area contributed by atoms with E-state index in [1.165, 1.54) is 0 Å². The minimum Gasteiger partial charge on any atom is -0.398 e. The predicted octanol–water partition coefficient (Wildman–Crippen LogP) is 2.60. The molecule has 0 saturated heterocycles. The fraction of sp³-hybridized carbons (Fsp3) is 0.214. The highest BCUT2D eigenvalue weighted by molar-refractivity contribution is 9.10. The van der Waals surface area contributed by atoms with E-state index in [9.17, 15) is 0 Å². The lowest BCUT2D eigenvalue weighted by molar-refractivity contribution is 0.635. The van der Waals surface area contributed by atoms with Crippen molar-refractivity contribution in [2.24, 2.45) is 5.84 Å². The Morgan fingerprint density at radius 2 is 1.89 bits per heavy atom. The molecule has 1 unspecified atom stereocenters. The van der Waals surface area contributed by atoms with Gasteiger partial charge in [-0.15, -0.1) is 0 Å². The maximum Gasteiger partial charge on any atom is 0.0745 e. The van der Waals surface area contributed by atoms with Gasteiger partial charge in [0.05, 0.1) is 6.04 Å². The Labute approximate surface area is 121 Å². The second-order valence-corrected chi connectivity index (χ2v) is 5.37. The zero-order valence-electron chi connectivity index (χ0n) is 10.9. The highest BCUT2D eigenvalue weighted by Crippen LogP contribution is 2.30. The summed E-state index contributed by atoms with van der Waals surface area (Å²) < 4.78 is 1.12. The van der Waals surface area contributed by atoms with Gasteiger partial charge in [0.15, 0.2) is 0 Å². The van der Waals surface area contributed by atoms with E-state index in [0.29, 0.717) is 5.69 Å². The molecule has 1 aromatic heterocycles. The van der Waals surface area contributed by atoms with E-state index >= 15 is 0 Å². The molecule has 19 heavy (non-hydrogen) atoms. The molecule has 4 nitrogen and oxygen atoms in total. The minimum absolute atomic E-state index is 0.167. The van der Waals surface area contributed by atoms with Crippen molar-refractivity contribution in [1.82, 2.24) is 10.4 Å². The average Bonchev–Trinajstić information content (AvgIpc) is 2.39. The average molecular weight is 321 g/mol. The summed E-state index contributed by atoms with van der Waals surface area (Å²) in [6.07, 6.45) is 3.41. The number of hydrogen-bond donors (Lipinski definition) is 3. The van der Waals surface area contributed by atoms with E-state index in [1.807, 2.05) is 0 Å². The van der Waals surface area contributed by atoms with Crippen LogP contribution in [0.3, 0.4) is 0 Å². The van der Waals surface area contributed by atoms with Crippen molar-refractivity contribution in [3.63, 3.8) is 0 Å². The van der Waals surface area contributed by atoms with Gasteiger partial charge >= 0.3 is 0 Å². The molecule has 0 saturated carbocycles. The van der Waals surface area contributed by atoms with Crippen LogP contribution in [0.15, 0.2) is 35.1 Å². The van der Waals surface area contributed by atoms with Crippen molar-refractivity contribution >= 4 is 21.6 Å². The number of rotatable bonds is 3. The summed E-state index contributed by atoms with van der Waals surface area (Å²) in [5.41, 5.74) is 13.8. The Morgan fingerprint density at radius 1 is 1.26 bits per heavy atom. The van der Waals surface area contributed by atoms with Crippen molar-refractivity contribution in [2.45, 2.75) is 19.9 Å². The maximum absolute atomic E-state index is 6.00. The summed E-state index contributed by atoms with van der Waals surface area (Å²) in [5, 5.41) is 0. The van der Waals surface area contributed by atoms with Crippen LogP contribution >= 0.6 is 15.9 Å². The fourth-order valence-corrected chi connectivity index (χ4v) is 2.40. The van der Waals surface area contributed by atoms with Gasteiger partial charge in [0.2, 0.25) is 0 Å². The second kappa shape index (κ2) is 5.69. The topological polar surface area (TPSA) is 77.0 Å². The lowest BCUT2D eigenvalue weighted by Crippen LogP contribution is -2.29. The van der Waals surface area contributed by atoms with Crippen LogP contribution < -0.4 is 17.0 Å². The first-order valence-corrected chi connectivity index (χ1v) is 6.76. The first kappa shape index (κ1) is 14.0. The van der Waals surface area contributed by atoms with Crippen molar-refractivity contribution in [3.05, 3.63) is 57.3 Å². The van der Waals surface area contributed by atoms with Crippen molar-refractivity contribution in [3.8, 4) is 0 Å². The largest absolute Gasteiger partial charge is 0.398 e. The number of benzene rings is 1. The molecule has 0 spiro atoms. The lowest BCUT2D eigenvalue weighted by atomic mass is 9.96. The van der Waals surface area contributed by atoms with Crippen LogP contribution in [-0.4, -0.2) is 4.98 Å². The Bertz CT molecular complexity index is 575. The molecule has 5 N–H and O–H groups in total. The molecule has 100 valence electrons. The summed E-state index contributed by atoms with van der Waals surface area (Å²) in [6.45, 7) is 4.11. The Kier molecular flexibility index (Phi) is 4.19. The number of nitrogens with zero attached hydrogens (tertiary/aromatic N) is 1. The van der Waals surface area contributed by atoms with Crippen LogP contribution in [0.2, 0.25) is 0 Å². The molecule has 1 heterocycles. The first-order valence-electron chi connectivity index (χ1n) is 5.96. The molecule has 0 aliphatic rings. The normalized spacial score (nSPS) is 12.4. The molecule has 0 radical (unpaired) electrons. The molecular formula is C14H17BrN4. The van der Waals surface area contributed by atoms with Crippen LogP contribution in [0.1, 0.15) is 28.3 Å². The summed E-state index contributed by atoms with van der Waals surface area (Å²) in [5.74, 6) is 5.70. The van der Waals surface area contributed by atoms with Crippen LogP contribution in [0.4, 0.5) is 5.69 Å². The van der Waals surface area contributed by atoms with Gasteiger partial charge < -0.3 is 5.73 Å². The number of halogens is 1. The van der Waals surface area contributed by atoms with Crippen LogP contribution in [0.25, 0.3) is 0 Å². The molecule has 1 atom stereocenters. The third kappa shape index (κ3) is 2.78. The van der Waals surface area contributed by atoms with Crippen LogP contribution in [0.5, 0.6) is 0 Å². The zero-order valence-corrected chi connectivity index (χ0v) is 12.5. The number of aromatic nitrogens is 1. The van der Waals surface area contributed by atoms with Gasteiger partial charge in [-0.3, -0.25) is 10.8 Å². The second-order valence-electron chi connectivity index (χ2n) is 4.57. The molecule has 2 rings (SSSR count). The number of nitrogens with two attached hydrogens (primary N) is 2. The monoisotopic (exact) mass is 320 g/mol. The lowest BCUT2D eigenvalue weighted by Gasteiger charge is -2.20. The van der Waals surface area contributed by atoms with Crippen molar-refractivity contribution < 1.29 is 0 Å². The standard InChI is InChI=1S/C14H17BrN4/c1-8-5-10(6-9(2)13(8)15)14(19-17)11-7-18-4-3-12(11)16/h3-7,14,19H,17H2,1-2H3,(H2,16,18). The van der Waals surface area contributed by atoms with E-state index in [2.05, 4.69) is 52.3 Å². The number of hydrazine groups is 1. The zero-order chi connectivity index (χ0) is 14.0. The van der Waals surface area contributed by atoms with Gasteiger partial charge in [-0.2, -0.15) is 0 Å². The van der Waals surface area contributed by atoms with Crippen LogP contribution in [0, 0.1) is 13.8 Å². The van der Waals surface area contributed by atoms with Crippen molar-refractivity contribution in [1.29, 1.82) is 0 Å². The van der Waals surface area contributed by atoms with E-state index in [-0.39, 0.29) is 6.04 Å². The number of nitrogen functional groups attached to an aromatic ring is 1. The summed E-state index contributed by atoms with van der Waals surface area (Å²) >= 11 is 3.57. The third-order valence-electron chi connectivity index (χ3n) is 3.16. The molecule has 1 aromatic carbocycles. The van der Waals surface area contributed by atoms with E-state index < -0.39 is 0 Å². The molecule has 2 aromatic rings. The van der Waals surface area contributed by atoms with Gasteiger partial charge in [-0.05, 0) is 36.6 Å². The summed E-state index contributed by atoms with van der Waals surface area (Å²) in [4.78, 5) is 4.12. The number of anilines is 1. The van der Waals surface area contributed by atoms with Crippen molar-refractivity contribution in [2.75, 3.05) is 5.73 Å². The molecule has 0 amide bonds. The molecule has 0 bridgehead atoms. The molecule has 5 heteroatoms. The van der Waals surface area contributed by atoms with E-state index in [1.54, 1.807) is 18.5 Å². The Hall–Kier alpha value is -1.43. The summed E-state index contributed by atoms with van der Waals surface area (Å²) in [6, 6.07) is 5.79. The molecule has 0 fully saturated rings. The number of nitrogens with one attached hydrogen (secondary N) is 1. The van der Waals surface area contributed by atoms with Crippen LogP contribution in [-0.2, 0) is 0 Å². The number of pyridine rings is 1. The number of hydrogen-bond acceptors (Lipinski definition) is 4. The van der Waals surface area contributed by atoms with E-state index in [0.717, 1.165) is 26.7 Å². The third-order valence-corrected chi connectivity index (χ3v) is 4.41. The quantitative estimate of drug-likeness (QED) is 0.600. The number of aryl methyl sites for hydroxylation is 2. The SMILES string of the molecule is Cc1cc(C(NN)c2cnccc2N)cc(C)c1Br. The summed E-state index contributed by atoms with van der Waals surface area (Å²) in [7, 11) is 0. The van der Waals surface area contributed by atoms with Gasteiger partial charge in [0, 0.05) is 28.1 Å². The highest BCUT2D eigenvalue weighted by atomic mass is 79.9. The highest BCUT2D eigenvalue weighted by Gasteiger charge is 2.17. The smallest absolute Gasteiger partial charge is 0.0745 e. The fourth-order valence-electron chi connectivity index (χ4n) is 2.17. The van der Waals surface area contributed by atoms with Gasteiger partial charge in [-0.25, -0.2) is 5.43 Å². The Balaban J connectivity index is 2.52. The Morgan fingerprint density at radius 3 is 2.42 bits per heavy atom. The maximum atomic E-state index is 6.00. The molecular weight excluding hydrogens is 304 g/mol. The minimum atomic E-state index is -0.167. The van der Waals surface area contributed by atoms with Gasteiger partial charge in [0.1, 0.15) is 0 Å². The molecule has 0 aliphatic carbocycles. The van der Waals surface area contributed by atoms with Gasteiger partial charge in [-0.1, -0.05) is 28.1 Å². The van der Waals surface area contributed by atoms with Gasteiger partial charge in [0.25, 0.3) is 0 Å². The predicted molar refractivity (Wildman–Crippen MR) is 81.4 cm³/mol.